The van der Waals surface area contributed by atoms with Crippen molar-refractivity contribution in [3.05, 3.63) is 24.5 Å². The van der Waals surface area contributed by atoms with Gasteiger partial charge in [-0.3, -0.25) is 4.79 Å². The molecule has 3 aliphatic carbocycles. The molecule has 0 spiro atoms. The van der Waals surface area contributed by atoms with Gasteiger partial charge in [0.05, 0.1) is 12.3 Å². The molecule has 1 aromatic rings. The topological polar surface area (TPSA) is 59.4 Å². The van der Waals surface area contributed by atoms with Gasteiger partial charge in [-0.1, -0.05) is 52.5 Å². The second kappa shape index (κ2) is 13.1. The highest BCUT2D eigenvalue weighted by molar-refractivity contribution is 5.79. The minimum absolute atomic E-state index is 0.132. The lowest BCUT2D eigenvalue weighted by molar-refractivity contribution is -0.148. The van der Waals surface area contributed by atoms with Crippen LogP contribution >= 0.6 is 0 Å². The van der Waals surface area contributed by atoms with Crippen LogP contribution in [0.1, 0.15) is 103 Å². The molecule has 2 heterocycles. The first-order valence-electron chi connectivity index (χ1n) is 15.8. The van der Waals surface area contributed by atoms with Crippen LogP contribution in [-0.2, 0) is 16.1 Å². The molecule has 1 aromatic heterocycles. The normalized spacial score (nSPS) is 32.6. The Labute approximate surface area is 230 Å². The number of nitrogens with one attached hydrogen (secondary N) is 1. The molecule has 1 saturated heterocycles. The van der Waals surface area contributed by atoms with E-state index in [1.165, 1.54) is 57.8 Å². The molecule has 5 rings (SSSR count). The molecule has 0 bridgehead atoms. The van der Waals surface area contributed by atoms with Gasteiger partial charge in [-0.2, -0.15) is 5.10 Å². The number of rotatable bonds is 9. The Morgan fingerprint density at radius 1 is 1.08 bits per heavy atom. The third-order valence-electron chi connectivity index (χ3n) is 10.4. The first-order chi connectivity index (χ1) is 18.5. The summed E-state index contributed by atoms with van der Waals surface area (Å²) in [7, 11) is 0. The van der Waals surface area contributed by atoms with Gasteiger partial charge < -0.3 is 15.0 Å². The van der Waals surface area contributed by atoms with Crippen LogP contribution in [0.2, 0.25) is 0 Å². The zero-order valence-electron chi connectivity index (χ0n) is 24.0. The molecule has 1 amide bonds. The summed E-state index contributed by atoms with van der Waals surface area (Å²) in [6, 6.07) is 0.790. The maximum atomic E-state index is 14.5. The van der Waals surface area contributed by atoms with Gasteiger partial charge in [0.2, 0.25) is 5.91 Å². The van der Waals surface area contributed by atoms with Crippen LogP contribution in [0.4, 0.5) is 0 Å². The molecule has 0 aromatic carbocycles. The van der Waals surface area contributed by atoms with Crippen molar-refractivity contribution in [1.29, 1.82) is 0 Å². The standard InChI is InChI=1S/C32H52N4O2/c1-4-35-20-25(18-34-35)21-36(26-16-17-30(23(2)3)33-19-26)32(37)29-14-8-13-28-27(29)12-9-15-31(28)38-22-24-10-6-5-7-11-24/h4,18,20,23-24,26-31,33H,1,5-17,19,21-22H2,2-3H3/t26?,27?,28?,29-,30?,31?/m0/s1. The molecule has 5 unspecified atom stereocenters. The van der Waals surface area contributed by atoms with Gasteiger partial charge in [-0.05, 0) is 75.0 Å². The number of hydrogen-bond donors (Lipinski definition) is 1. The van der Waals surface area contributed by atoms with Gasteiger partial charge in [-0.15, -0.1) is 0 Å². The van der Waals surface area contributed by atoms with E-state index in [9.17, 15) is 4.79 Å². The lowest BCUT2D eigenvalue weighted by atomic mass is 9.64. The number of nitrogens with zero attached hydrogens (tertiary/aromatic N) is 3. The molecule has 1 N–H and O–H groups in total. The molecule has 1 aliphatic heterocycles. The van der Waals surface area contributed by atoms with E-state index < -0.39 is 0 Å². The first-order valence-corrected chi connectivity index (χ1v) is 15.8. The predicted molar refractivity (Wildman–Crippen MR) is 153 cm³/mol. The highest BCUT2D eigenvalue weighted by atomic mass is 16.5. The molecule has 0 radical (unpaired) electrons. The quantitative estimate of drug-likeness (QED) is 0.414. The van der Waals surface area contributed by atoms with E-state index in [1.54, 1.807) is 10.9 Å². The minimum atomic E-state index is 0.132. The number of carbonyl (C=O) groups excluding carboxylic acids is 1. The summed E-state index contributed by atoms with van der Waals surface area (Å²) in [5.41, 5.74) is 1.09. The van der Waals surface area contributed by atoms with Gasteiger partial charge in [0.25, 0.3) is 0 Å². The van der Waals surface area contributed by atoms with Crippen LogP contribution in [0.5, 0.6) is 0 Å². The van der Waals surface area contributed by atoms with Crippen molar-refractivity contribution in [2.24, 2.45) is 29.6 Å². The Morgan fingerprint density at radius 3 is 2.58 bits per heavy atom. The molecule has 6 heteroatoms. The Bertz CT molecular complexity index is 899. The number of aromatic nitrogens is 2. The summed E-state index contributed by atoms with van der Waals surface area (Å²) >= 11 is 0. The van der Waals surface area contributed by atoms with E-state index in [-0.39, 0.29) is 12.0 Å². The Kier molecular flexibility index (Phi) is 9.64. The molecule has 6 atom stereocenters. The van der Waals surface area contributed by atoms with Crippen molar-refractivity contribution >= 4 is 12.1 Å². The van der Waals surface area contributed by atoms with Crippen molar-refractivity contribution < 1.29 is 9.53 Å². The van der Waals surface area contributed by atoms with Gasteiger partial charge >= 0.3 is 0 Å². The molecule has 212 valence electrons. The lowest BCUT2D eigenvalue weighted by Crippen LogP contribution is -2.55. The molecular weight excluding hydrogens is 472 g/mol. The van der Waals surface area contributed by atoms with Crippen molar-refractivity contribution in [2.45, 2.75) is 122 Å². The van der Waals surface area contributed by atoms with Crippen molar-refractivity contribution in [3.63, 3.8) is 0 Å². The molecular formula is C32H52N4O2. The van der Waals surface area contributed by atoms with E-state index in [1.807, 2.05) is 12.4 Å². The van der Waals surface area contributed by atoms with E-state index >= 15 is 0 Å². The summed E-state index contributed by atoms with van der Waals surface area (Å²) in [4.78, 5) is 16.7. The van der Waals surface area contributed by atoms with E-state index in [0.29, 0.717) is 42.4 Å². The molecule has 38 heavy (non-hydrogen) atoms. The average molecular weight is 525 g/mol. The van der Waals surface area contributed by atoms with Crippen LogP contribution in [0.3, 0.4) is 0 Å². The van der Waals surface area contributed by atoms with Gasteiger partial charge in [0, 0.05) is 55.7 Å². The van der Waals surface area contributed by atoms with Crippen LogP contribution < -0.4 is 5.32 Å². The predicted octanol–water partition coefficient (Wildman–Crippen LogP) is 6.27. The van der Waals surface area contributed by atoms with E-state index in [0.717, 1.165) is 50.3 Å². The SMILES string of the molecule is C=Cn1cc(CN(C(=O)[C@H]2CCCC3C(OCC4CCCCC4)CCCC32)C2CCC(C(C)C)NC2)cn1. The molecule has 3 saturated carbocycles. The van der Waals surface area contributed by atoms with Crippen LogP contribution in [0.25, 0.3) is 6.20 Å². The summed E-state index contributed by atoms with van der Waals surface area (Å²) < 4.78 is 8.43. The maximum absolute atomic E-state index is 14.5. The van der Waals surface area contributed by atoms with Crippen LogP contribution in [-0.4, -0.2) is 51.9 Å². The Morgan fingerprint density at radius 2 is 1.87 bits per heavy atom. The smallest absolute Gasteiger partial charge is 0.226 e. The third-order valence-corrected chi connectivity index (χ3v) is 10.4. The van der Waals surface area contributed by atoms with Crippen molar-refractivity contribution in [2.75, 3.05) is 13.2 Å². The summed E-state index contributed by atoms with van der Waals surface area (Å²) in [6.07, 6.45) is 22.0. The van der Waals surface area contributed by atoms with E-state index in [2.05, 4.69) is 35.7 Å². The van der Waals surface area contributed by atoms with Gasteiger partial charge in [0.1, 0.15) is 0 Å². The summed E-state index contributed by atoms with van der Waals surface area (Å²) in [5.74, 6) is 2.92. The third kappa shape index (κ3) is 6.55. The van der Waals surface area contributed by atoms with Crippen molar-refractivity contribution in [3.8, 4) is 0 Å². The zero-order chi connectivity index (χ0) is 26.5. The fourth-order valence-corrected chi connectivity index (χ4v) is 8.13. The Hall–Kier alpha value is -1.66. The van der Waals surface area contributed by atoms with Crippen molar-refractivity contribution in [1.82, 2.24) is 20.0 Å². The molecule has 4 aliphatic rings. The van der Waals surface area contributed by atoms with E-state index in [4.69, 9.17) is 4.74 Å². The van der Waals surface area contributed by atoms with Crippen LogP contribution in [0.15, 0.2) is 19.0 Å². The monoisotopic (exact) mass is 524 g/mol. The largest absolute Gasteiger partial charge is 0.378 e. The maximum Gasteiger partial charge on any atom is 0.226 e. The summed E-state index contributed by atoms with van der Waals surface area (Å²) in [6.45, 7) is 10.9. The lowest BCUT2D eigenvalue weighted by Gasteiger charge is -2.47. The Balaban J connectivity index is 1.29. The minimum Gasteiger partial charge on any atom is -0.378 e. The average Bonchev–Trinajstić information content (AvgIpc) is 3.42. The number of carbonyl (C=O) groups is 1. The van der Waals surface area contributed by atoms with Gasteiger partial charge in [-0.25, -0.2) is 4.68 Å². The fraction of sp³-hybridized carbons (Fsp3) is 0.812. The highest BCUT2D eigenvalue weighted by Gasteiger charge is 2.45. The molecule has 6 nitrogen and oxygen atoms in total. The fourth-order valence-electron chi connectivity index (χ4n) is 8.13. The molecule has 4 fully saturated rings. The zero-order valence-corrected chi connectivity index (χ0v) is 24.0. The first kappa shape index (κ1) is 27.9. The second-order valence-corrected chi connectivity index (χ2v) is 13.1. The highest BCUT2D eigenvalue weighted by Crippen LogP contribution is 2.46. The number of hydrogen-bond acceptors (Lipinski definition) is 4. The number of piperidine rings is 1. The number of amides is 1. The number of ether oxygens (including phenoxy) is 1. The number of fused-ring (bicyclic) bond motifs is 1. The van der Waals surface area contributed by atoms with Gasteiger partial charge in [0.15, 0.2) is 0 Å². The summed E-state index contributed by atoms with van der Waals surface area (Å²) in [5, 5.41) is 8.17. The van der Waals surface area contributed by atoms with Crippen LogP contribution in [0, 0.1) is 29.6 Å². The second-order valence-electron chi connectivity index (χ2n) is 13.1.